The Morgan fingerprint density at radius 3 is 1.00 bits per heavy atom. The number of hydrogen-bond acceptors (Lipinski definition) is 2. The Bertz CT molecular complexity index is 69.1. The number of rotatable bonds is 0. The molecule has 3 heteroatoms. The maximum Gasteiger partial charge on any atom is 2.00 e. The molecule has 0 amide bonds. The van der Waals surface area contributed by atoms with Crippen molar-refractivity contribution in [2.45, 2.75) is 13.8 Å². The van der Waals surface area contributed by atoms with Gasteiger partial charge in [0.25, 0.3) is 0 Å². The molecule has 0 unspecified atom stereocenters. The van der Waals surface area contributed by atoms with E-state index in [0.29, 0.717) is 0 Å². The summed E-state index contributed by atoms with van der Waals surface area (Å²) in [6, 6.07) is 0. The molecule has 2 nitrogen and oxygen atoms in total. The summed E-state index contributed by atoms with van der Waals surface area (Å²) in [5.41, 5.74) is 0. The van der Waals surface area contributed by atoms with E-state index in [9.17, 15) is 10.2 Å². The maximum atomic E-state index is 9.33. The van der Waals surface area contributed by atoms with Gasteiger partial charge in [-0.25, -0.2) is 0 Å². The molecule has 0 rings (SSSR count). The first kappa shape index (κ1) is 15.8. The van der Waals surface area contributed by atoms with Crippen LogP contribution in [-0.2, 0) is 17.1 Å². The van der Waals surface area contributed by atoms with E-state index in [-0.39, 0.29) is 28.6 Å². The second-order valence-electron chi connectivity index (χ2n) is 1.40. The van der Waals surface area contributed by atoms with Gasteiger partial charge < -0.3 is 10.2 Å². The van der Waals surface area contributed by atoms with Crippen molar-refractivity contribution in [3.8, 4) is 0 Å². The van der Waals surface area contributed by atoms with Crippen LogP contribution >= 0.6 is 0 Å². The minimum absolute atomic E-state index is 0. The molecule has 0 bridgehead atoms. The summed E-state index contributed by atoms with van der Waals surface area (Å²) in [4.78, 5) is 0. The zero-order valence-corrected chi connectivity index (χ0v) is 6.47. The quantitative estimate of drug-likeness (QED) is 0.379. The van der Waals surface area contributed by atoms with Crippen molar-refractivity contribution in [3.05, 3.63) is 24.7 Å². The molecule has 9 heavy (non-hydrogen) atoms. The maximum absolute atomic E-state index is 9.33. The van der Waals surface area contributed by atoms with Crippen LogP contribution in [0.5, 0.6) is 0 Å². The van der Waals surface area contributed by atoms with Gasteiger partial charge in [0.2, 0.25) is 0 Å². The summed E-state index contributed by atoms with van der Waals surface area (Å²) in [6.07, 6.45) is 0. The Kier molecular flexibility index (Phi) is 18.6. The average molecular weight is 178 g/mol. The average Bonchev–Trinajstić information content (AvgIpc) is 1.25. The molecule has 0 spiro atoms. The monoisotopic (exact) mass is 177 g/mol. The molecule has 0 N–H and O–H groups in total. The molecule has 0 aliphatic heterocycles. The van der Waals surface area contributed by atoms with Crippen molar-refractivity contribution in [2.24, 2.45) is 0 Å². The van der Waals surface area contributed by atoms with Crippen molar-refractivity contribution < 1.29 is 27.3 Å². The van der Waals surface area contributed by atoms with Crippen molar-refractivity contribution in [2.75, 3.05) is 0 Å². The van der Waals surface area contributed by atoms with Crippen LogP contribution in [0, 0.1) is 0 Å². The molecule has 0 saturated carbocycles. The fourth-order valence-electron chi connectivity index (χ4n) is 0. The third-order valence-electron chi connectivity index (χ3n) is 0. The summed E-state index contributed by atoms with van der Waals surface area (Å²) < 4.78 is 0. The van der Waals surface area contributed by atoms with Gasteiger partial charge >= 0.3 is 17.1 Å². The Morgan fingerprint density at radius 2 is 1.00 bits per heavy atom. The van der Waals surface area contributed by atoms with Crippen molar-refractivity contribution in [1.29, 1.82) is 0 Å². The first-order valence-electron chi connectivity index (χ1n) is 2.12. The van der Waals surface area contributed by atoms with Crippen LogP contribution in [0.3, 0.4) is 0 Å². The molecule has 57 valence electrons. The Hall–Kier alpha value is -0.401. The predicted octanol–water partition coefficient (Wildman–Crippen LogP) is -0.242. The molecular weight excluding hydrogens is 168 g/mol. The molecule has 0 heterocycles. The van der Waals surface area contributed by atoms with E-state index in [4.69, 9.17) is 0 Å². The molecule has 0 aromatic rings. The third-order valence-corrected chi connectivity index (χ3v) is 0. The smallest absolute Gasteiger partial charge is 0.876 e. The second-order valence-corrected chi connectivity index (χ2v) is 1.40. The van der Waals surface area contributed by atoms with Crippen LogP contribution in [0.15, 0.2) is 24.7 Å². The van der Waals surface area contributed by atoms with E-state index < -0.39 is 0 Å². The van der Waals surface area contributed by atoms with Crippen molar-refractivity contribution in [3.63, 3.8) is 0 Å². The summed E-state index contributed by atoms with van der Waals surface area (Å²) >= 11 is 0. The molecule has 0 aliphatic carbocycles. The topological polar surface area (TPSA) is 46.1 Å². The summed E-state index contributed by atoms with van der Waals surface area (Å²) in [5.74, 6) is -0.167. The first-order chi connectivity index (χ1) is 3.46. The molecule has 0 fully saturated rings. The largest absolute Gasteiger partial charge is 2.00 e. The Morgan fingerprint density at radius 1 is 1.00 bits per heavy atom. The summed E-state index contributed by atoms with van der Waals surface area (Å²) in [6.45, 7) is 8.83. The van der Waals surface area contributed by atoms with Crippen LogP contribution < -0.4 is 10.2 Å². The first-order valence-corrected chi connectivity index (χ1v) is 2.12. The molecule has 1 radical (unpaired) electrons. The zero-order chi connectivity index (χ0) is 7.15. The minimum Gasteiger partial charge on any atom is -0.876 e. The van der Waals surface area contributed by atoms with Gasteiger partial charge in [0.15, 0.2) is 0 Å². The second kappa shape index (κ2) is 10.6. The molecular formula is C6H10CuO2. The van der Waals surface area contributed by atoms with Crippen molar-refractivity contribution in [1.82, 2.24) is 0 Å². The van der Waals surface area contributed by atoms with E-state index in [2.05, 4.69) is 13.2 Å². The van der Waals surface area contributed by atoms with Crippen LogP contribution in [0.25, 0.3) is 0 Å². The molecule has 0 aromatic carbocycles. The minimum atomic E-state index is -0.0833. The van der Waals surface area contributed by atoms with Gasteiger partial charge in [0, 0.05) is 0 Å². The van der Waals surface area contributed by atoms with Crippen LogP contribution in [0.4, 0.5) is 0 Å². The molecule has 0 aromatic heterocycles. The van der Waals surface area contributed by atoms with Gasteiger partial charge in [-0.1, -0.05) is 13.8 Å². The van der Waals surface area contributed by atoms with Crippen LogP contribution in [-0.4, -0.2) is 0 Å². The van der Waals surface area contributed by atoms with E-state index >= 15 is 0 Å². The van der Waals surface area contributed by atoms with Crippen molar-refractivity contribution >= 4 is 0 Å². The zero-order valence-electron chi connectivity index (χ0n) is 5.53. The normalized spacial score (nSPS) is 5.56. The van der Waals surface area contributed by atoms with Crippen LogP contribution in [0.1, 0.15) is 13.8 Å². The Balaban J connectivity index is -0.0000000720. The molecule has 0 aliphatic rings. The van der Waals surface area contributed by atoms with E-state index in [0.717, 1.165) is 0 Å². The van der Waals surface area contributed by atoms with Gasteiger partial charge in [-0.05, 0) is 0 Å². The van der Waals surface area contributed by atoms with Gasteiger partial charge in [0.1, 0.15) is 0 Å². The fraction of sp³-hybridized carbons (Fsp3) is 0.333. The standard InChI is InChI=1S/2C3H6O.Cu/c2*1-3(2)4;/h2*4H,1H2,2H3;/q;;+2/p-2. The fourth-order valence-corrected chi connectivity index (χ4v) is 0. The molecule has 0 atom stereocenters. The summed E-state index contributed by atoms with van der Waals surface area (Å²) in [5, 5.41) is 18.7. The van der Waals surface area contributed by atoms with Gasteiger partial charge in [-0.2, -0.15) is 0 Å². The van der Waals surface area contributed by atoms with Crippen LogP contribution in [0.2, 0.25) is 0 Å². The molecule has 0 saturated heterocycles. The predicted molar refractivity (Wildman–Crippen MR) is 29.6 cm³/mol. The number of hydrogen-bond donors (Lipinski definition) is 0. The van der Waals surface area contributed by atoms with Gasteiger partial charge in [0.05, 0.1) is 0 Å². The Labute approximate surface area is 66.4 Å². The third kappa shape index (κ3) is 1490. The summed E-state index contributed by atoms with van der Waals surface area (Å²) in [7, 11) is 0. The van der Waals surface area contributed by atoms with E-state index in [1.807, 2.05) is 0 Å². The van der Waals surface area contributed by atoms with E-state index in [1.54, 1.807) is 0 Å². The van der Waals surface area contributed by atoms with Gasteiger partial charge in [-0.3, -0.25) is 0 Å². The SMILES string of the molecule is C=C(C)[O-].C=C(C)[O-].[Cu+2]. The number of allylic oxidation sites excluding steroid dienone is 2. The van der Waals surface area contributed by atoms with Gasteiger partial charge in [-0.15, -0.1) is 24.7 Å². The van der Waals surface area contributed by atoms with E-state index in [1.165, 1.54) is 13.8 Å².